The molecule has 0 spiro atoms. The Kier molecular flexibility index (Phi) is 8.24. The van der Waals surface area contributed by atoms with Gasteiger partial charge in [-0.15, -0.1) is 0 Å². The first-order valence-electron chi connectivity index (χ1n) is 10.8. The molecule has 0 aliphatic carbocycles. The number of hydrogen-bond donors (Lipinski definition) is 1. The number of rotatable bonds is 8. The zero-order valence-electron chi connectivity index (χ0n) is 20.4. The Labute approximate surface area is 200 Å². The van der Waals surface area contributed by atoms with Crippen molar-refractivity contribution in [3.05, 3.63) is 65.2 Å². The molecule has 0 saturated heterocycles. The Morgan fingerprint density at radius 3 is 2.00 bits per heavy atom. The minimum absolute atomic E-state index is 0.123. The second-order valence-electron chi connectivity index (χ2n) is 9.91. The zero-order chi connectivity index (χ0) is 26.1. The first kappa shape index (κ1) is 28.2. The lowest BCUT2D eigenvalue weighted by Crippen LogP contribution is -2.50. The summed E-state index contributed by atoms with van der Waals surface area (Å²) in [6, 6.07) is 8.95. The lowest BCUT2D eigenvalue weighted by atomic mass is 9.95. The van der Waals surface area contributed by atoms with E-state index in [4.69, 9.17) is 4.43 Å². The van der Waals surface area contributed by atoms with Gasteiger partial charge < -0.3 is 4.43 Å². The monoisotopic (exact) mass is 515 g/mol. The minimum Gasteiger partial charge on any atom is -0.405 e. The highest BCUT2D eigenvalue weighted by Gasteiger charge is 2.45. The zero-order valence-corrected chi connectivity index (χ0v) is 22.3. The van der Waals surface area contributed by atoms with Gasteiger partial charge in [-0.2, -0.15) is 13.2 Å². The maximum atomic E-state index is 13.9. The van der Waals surface area contributed by atoms with Crippen molar-refractivity contribution in [3.8, 4) is 0 Å². The number of Topliss-reactive ketones (excluding diaryl/α,β-unsaturated/α-hetero) is 1. The smallest absolute Gasteiger partial charge is 0.405 e. The molecule has 0 aliphatic rings. The maximum absolute atomic E-state index is 13.9. The largest absolute Gasteiger partial charge is 0.416 e. The van der Waals surface area contributed by atoms with Gasteiger partial charge in [0.25, 0.3) is 0 Å². The molecule has 0 heterocycles. The van der Waals surface area contributed by atoms with Crippen LogP contribution in [0.25, 0.3) is 0 Å². The van der Waals surface area contributed by atoms with Gasteiger partial charge >= 0.3 is 6.18 Å². The van der Waals surface area contributed by atoms with Crippen LogP contribution < -0.4 is 4.72 Å². The number of ketones is 1. The fourth-order valence-corrected chi connectivity index (χ4v) is 5.65. The van der Waals surface area contributed by atoms with Gasteiger partial charge in [0.1, 0.15) is 6.10 Å². The Balaban J connectivity index is 2.71. The van der Waals surface area contributed by atoms with Crippen molar-refractivity contribution >= 4 is 24.1 Å². The van der Waals surface area contributed by atoms with Crippen LogP contribution in [0, 0.1) is 6.92 Å². The quantitative estimate of drug-likeness (QED) is 0.437. The number of nitrogens with one attached hydrogen (secondary N) is 1. The molecule has 2 rings (SSSR count). The summed E-state index contributed by atoms with van der Waals surface area (Å²) >= 11 is 0. The Morgan fingerprint density at radius 2 is 1.53 bits per heavy atom. The second-order valence-corrected chi connectivity index (χ2v) is 16.4. The fraction of sp³-hybridized carbons (Fsp3) is 0.458. The first-order chi connectivity index (χ1) is 15.4. The van der Waals surface area contributed by atoms with Gasteiger partial charge in [-0.05, 0) is 55.7 Å². The Bertz CT molecular complexity index is 1120. The van der Waals surface area contributed by atoms with Crippen molar-refractivity contribution in [1.29, 1.82) is 0 Å². The summed E-state index contributed by atoms with van der Waals surface area (Å²) < 4.78 is 76.8. The van der Waals surface area contributed by atoms with Crippen molar-refractivity contribution in [2.24, 2.45) is 0 Å². The molecule has 0 amide bonds. The number of sulfonamides is 1. The van der Waals surface area contributed by atoms with Gasteiger partial charge in [-0.1, -0.05) is 56.7 Å². The summed E-state index contributed by atoms with van der Waals surface area (Å²) in [5.41, 5.74) is -0.581. The molecule has 1 N–H and O–H groups in total. The molecule has 2 aromatic carbocycles. The van der Waals surface area contributed by atoms with E-state index in [1.807, 2.05) is 33.9 Å². The molecule has 0 aliphatic heterocycles. The van der Waals surface area contributed by atoms with Crippen LogP contribution >= 0.6 is 0 Å². The molecular formula is C24H32F3NO4SSi. The summed E-state index contributed by atoms with van der Waals surface area (Å²) in [6.45, 7) is 12.4. The molecule has 5 nitrogen and oxygen atoms in total. The average Bonchev–Trinajstić information content (AvgIpc) is 2.69. The van der Waals surface area contributed by atoms with E-state index in [0.717, 1.165) is 11.6 Å². The van der Waals surface area contributed by atoms with Crippen LogP contribution in [0.2, 0.25) is 18.1 Å². The molecule has 10 heteroatoms. The molecule has 188 valence electrons. The van der Waals surface area contributed by atoms with E-state index in [2.05, 4.69) is 4.72 Å². The highest BCUT2D eigenvalue weighted by atomic mass is 32.2. The predicted octanol–water partition coefficient (Wildman–Crippen LogP) is 6.01. The Morgan fingerprint density at radius 1 is 1.00 bits per heavy atom. The molecule has 2 atom stereocenters. The predicted molar refractivity (Wildman–Crippen MR) is 128 cm³/mol. The van der Waals surface area contributed by atoms with E-state index in [0.29, 0.717) is 0 Å². The molecule has 0 unspecified atom stereocenters. The fourth-order valence-electron chi connectivity index (χ4n) is 3.15. The van der Waals surface area contributed by atoms with Crippen LogP contribution in [0.4, 0.5) is 13.2 Å². The van der Waals surface area contributed by atoms with Crippen LogP contribution in [-0.2, 0) is 25.4 Å². The maximum Gasteiger partial charge on any atom is 0.416 e. The summed E-state index contributed by atoms with van der Waals surface area (Å²) in [5.74, 6) is -0.571. The third kappa shape index (κ3) is 6.56. The molecular weight excluding hydrogens is 483 g/mol. The van der Waals surface area contributed by atoms with Crippen molar-refractivity contribution in [2.45, 2.75) is 76.0 Å². The molecule has 34 heavy (non-hydrogen) atoms. The van der Waals surface area contributed by atoms with Crippen molar-refractivity contribution in [1.82, 2.24) is 4.72 Å². The highest BCUT2D eigenvalue weighted by molar-refractivity contribution is 7.89. The van der Waals surface area contributed by atoms with E-state index in [9.17, 15) is 26.4 Å². The third-order valence-electron chi connectivity index (χ3n) is 6.15. The molecule has 0 bridgehead atoms. The molecule has 0 radical (unpaired) electrons. The highest BCUT2D eigenvalue weighted by Crippen LogP contribution is 2.41. The number of alkyl halides is 3. The minimum atomic E-state index is -4.76. The SMILES string of the molecule is CC(=O)[C@H](O[Si](C)(C)C(C)(C)C)[C@H](NS(=O)(=O)c1ccc(C)cc1)c1ccccc1C(F)(F)F. The van der Waals surface area contributed by atoms with E-state index in [1.165, 1.54) is 37.3 Å². The average molecular weight is 516 g/mol. The summed E-state index contributed by atoms with van der Waals surface area (Å²) in [6.07, 6.45) is -6.22. The number of carbonyl (C=O) groups is 1. The van der Waals surface area contributed by atoms with Gasteiger partial charge in [0.15, 0.2) is 14.1 Å². The van der Waals surface area contributed by atoms with E-state index in [1.54, 1.807) is 19.1 Å². The Hall–Kier alpha value is -2.01. The summed E-state index contributed by atoms with van der Waals surface area (Å²) in [4.78, 5) is 12.6. The van der Waals surface area contributed by atoms with Crippen LogP contribution in [0.1, 0.15) is 50.4 Å². The van der Waals surface area contributed by atoms with Gasteiger partial charge in [-0.3, -0.25) is 4.79 Å². The van der Waals surface area contributed by atoms with Crippen molar-refractivity contribution < 1.29 is 30.8 Å². The van der Waals surface area contributed by atoms with Crippen LogP contribution in [0.5, 0.6) is 0 Å². The number of benzene rings is 2. The number of halogens is 3. The summed E-state index contributed by atoms with van der Waals surface area (Å²) in [5, 5.41) is -0.370. The van der Waals surface area contributed by atoms with Gasteiger partial charge in [0, 0.05) is 0 Å². The van der Waals surface area contributed by atoms with Crippen molar-refractivity contribution in [2.75, 3.05) is 0 Å². The van der Waals surface area contributed by atoms with E-state index >= 15 is 0 Å². The first-order valence-corrected chi connectivity index (χ1v) is 15.2. The number of hydrogen-bond acceptors (Lipinski definition) is 4. The molecule has 0 aromatic heterocycles. The van der Waals surface area contributed by atoms with E-state index in [-0.39, 0.29) is 15.5 Å². The molecule has 0 fully saturated rings. The summed E-state index contributed by atoms with van der Waals surface area (Å²) in [7, 11) is -6.98. The topological polar surface area (TPSA) is 72.5 Å². The van der Waals surface area contributed by atoms with Crippen LogP contribution in [0.15, 0.2) is 53.4 Å². The normalized spacial score (nSPS) is 15.1. The van der Waals surface area contributed by atoms with Crippen molar-refractivity contribution in [3.63, 3.8) is 0 Å². The molecule has 2 aromatic rings. The second kappa shape index (κ2) is 9.92. The standard InChI is InChI=1S/C24H32F3NO4SSi/c1-16-12-14-18(15-13-16)33(30,31)28-21(19-10-8-9-11-20(19)24(25,26)27)22(17(2)29)32-34(6,7)23(3,4)5/h8-15,21-22,28H,1-7H3/t21-,22+/m1/s1. The number of carbonyl (C=O) groups excluding carboxylic acids is 1. The van der Waals surface area contributed by atoms with E-state index < -0.39 is 48.0 Å². The molecule has 0 saturated carbocycles. The van der Waals surface area contributed by atoms with Gasteiger partial charge in [0.05, 0.1) is 16.5 Å². The van der Waals surface area contributed by atoms with Crippen LogP contribution in [-0.4, -0.2) is 28.6 Å². The third-order valence-corrected chi connectivity index (χ3v) is 12.1. The number of aryl methyl sites for hydroxylation is 1. The van der Waals surface area contributed by atoms with Gasteiger partial charge in [0.2, 0.25) is 10.0 Å². The lowest BCUT2D eigenvalue weighted by Gasteiger charge is -2.41. The van der Waals surface area contributed by atoms with Gasteiger partial charge in [-0.25, -0.2) is 13.1 Å². The van der Waals surface area contributed by atoms with Crippen LogP contribution in [0.3, 0.4) is 0 Å². The lowest BCUT2D eigenvalue weighted by molar-refractivity contribution is -0.139.